The molecule has 1 saturated carbocycles. The first-order valence-corrected chi connectivity index (χ1v) is 7.00. The molecule has 1 aromatic heterocycles. The highest BCUT2D eigenvalue weighted by Crippen LogP contribution is 2.25. The van der Waals surface area contributed by atoms with Crippen LogP contribution in [0.3, 0.4) is 0 Å². The normalized spacial score (nSPS) is 16.1. The third-order valence-electron chi connectivity index (χ3n) is 3.74. The molecular weight excluding hydrogens is 240 g/mol. The van der Waals surface area contributed by atoms with Gasteiger partial charge < -0.3 is 10.7 Å². The van der Waals surface area contributed by atoms with Crippen molar-refractivity contribution in [2.24, 2.45) is 11.8 Å². The number of aromatic nitrogens is 1. The minimum Gasteiger partial charge on any atom is -0.352 e. The fourth-order valence-electron chi connectivity index (χ4n) is 2.58. The van der Waals surface area contributed by atoms with E-state index in [0.29, 0.717) is 11.4 Å². The van der Waals surface area contributed by atoms with Crippen LogP contribution in [-0.2, 0) is 0 Å². The number of hydrogen-bond donors (Lipinski definition) is 3. The maximum atomic E-state index is 11.9. The molecule has 1 aliphatic rings. The van der Waals surface area contributed by atoms with E-state index < -0.39 is 0 Å². The molecule has 0 unspecified atom stereocenters. The molecule has 1 heterocycles. The summed E-state index contributed by atoms with van der Waals surface area (Å²) in [5, 5.41) is 2.95. The Bertz CT molecular complexity index is 398. The van der Waals surface area contributed by atoms with E-state index in [2.05, 4.69) is 15.7 Å². The molecule has 0 saturated heterocycles. The molecule has 0 atom stereocenters. The van der Waals surface area contributed by atoms with E-state index in [1.807, 2.05) is 0 Å². The van der Waals surface area contributed by atoms with Crippen molar-refractivity contribution in [3.63, 3.8) is 0 Å². The van der Waals surface area contributed by atoms with Crippen molar-refractivity contribution in [3.05, 3.63) is 23.9 Å². The van der Waals surface area contributed by atoms with Crippen LogP contribution < -0.4 is 16.6 Å². The largest absolute Gasteiger partial charge is 0.352 e. The van der Waals surface area contributed by atoms with Crippen LogP contribution >= 0.6 is 0 Å². The Morgan fingerprint density at radius 3 is 2.74 bits per heavy atom. The zero-order chi connectivity index (χ0) is 13.5. The second-order valence-electron chi connectivity index (χ2n) is 5.13. The number of hydrogen-bond acceptors (Lipinski definition) is 4. The number of carbonyl (C=O) groups excluding carboxylic acids is 1. The molecule has 5 heteroatoms. The van der Waals surface area contributed by atoms with E-state index in [1.165, 1.54) is 38.3 Å². The van der Waals surface area contributed by atoms with Gasteiger partial charge in [-0.25, -0.2) is 10.8 Å². The molecule has 19 heavy (non-hydrogen) atoms. The third kappa shape index (κ3) is 4.21. The lowest BCUT2D eigenvalue weighted by Gasteiger charge is -2.21. The summed E-state index contributed by atoms with van der Waals surface area (Å²) in [6, 6.07) is 3.41. The molecule has 1 amide bonds. The van der Waals surface area contributed by atoms with Crippen molar-refractivity contribution >= 4 is 11.7 Å². The summed E-state index contributed by atoms with van der Waals surface area (Å²) >= 11 is 0. The first kappa shape index (κ1) is 13.8. The van der Waals surface area contributed by atoms with Crippen molar-refractivity contribution in [2.45, 2.75) is 38.5 Å². The van der Waals surface area contributed by atoms with Gasteiger partial charge in [-0.05, 0) is 24.5 Å². The zero-order valence-electron chi connectivity index (χ0n) is 11.2. The maximum absolute atomic E-state index is 11.9. The Labute approximate surface area is 114 Å². The first-order chi connectivity index (χ1) is 9.29. The molecule has 1 aliphatic carbocycles. The lowest BCUT2D eigenvalue weighted by Crippen LogP contribution is -2.26. The number of nitrogens with one attached hydrogen (secondary N) is 2. The van der Waals surface area contributed by atoms with E-state index in [4.69, 9.17) is 5.84 Å². The highest BCUT2D eigenvalue weighted by Gasteiger charge is 2.13. The SMILES string of the molecule is NNc1ccc(C(=O)NCCC2CCCCC2)cn1. The average Bonchev–Trinajstić information content (AvgIpc) is 2.48. The molecule has 0 aromatic carbocycles. The number of nitrogen functional groups attached to an aromatic ring is 1. The fraction of sp³-hybridized carbons (Fsp3) is 0.571. The lowest BCUT2D eigenvalue weighted by atomic mass is 9.87. The van der Waals surface area contributed by atoms with Crippen molar-refractivity contribution in [1.29, 1.82) is 0 Å². The van der Waals surface area contributed by atoms with Gasteiger partial charge in [0.25, 0.3) is 5.91 Å². The topological polar surface area (TPSA) is 80.0 Å². The summed E-state index contributed by atoms with van der Waals surface area (Å²) in [5.41, 5.74) is 3.01. The molecule has 2 rings (SSSR count). The van der Waals surface area contributed by atoms with Crippen molar-refractivity contribution in [2.75, 3.05) is 12.0 Å². The third-order valence-corrected chi connectivity index (χ3v) is 3.74. The molecule has 0 bridgehead atoms. The molecule has 1 aromatic rings. The number of rotatable bonds is 5. The number of carbonyl (C=O) groups is 1. The van der Waals surface area contributed by atoms with Crippen molar-refractivity contribution < 1.29 is 4.79 Å². The average molecular weight is 262 g/mol. The quantitative estimate of drug-likeness (QED) is 0.560. The van der Waals surface area contributed by atoms with Gasteiger partial charge in [0.15, 0.2) is 0 Å². The van der Waals surface area contributed by atoms with Gasteiger partial charge in [0, 0.05) is 12.7 Å². The highest BCUT2D eigenvalue weighted by atomic mass is 16.1. The summed E-state index contributed by atoms with van der Waals surface area (Å²) in [6.45, 7) is 0.750. The van der Waals surface area contributed by atoms with Gasteiger partial charge in [0.05, 0.1) is 5.56 Å². The van der Waals surface area contributed by atoms with Crippen LogP contribution in [0.15, 0.2) is 18.3 Å². The van der Waals surface area contributed by atoms with Crippen molar-refractivity contribution in [3.8, 4) is 0 Å². The van der Waals surface area contributed by atoms with Gasteiger partial charge in [0.2, 0.25) is 0 Å². The minimum absolute atomic E-state index is 0.0631. The smallest absolute Gasteiger partial charge is 0.252 e. The fourth-order valence-corrected chi connectivity index (χ4v) is 2.58. The summed E-state index contributed by atoms with van der Waals surface area (Å²) in [5.74, 6) is 6.51. The first-order valence-electron chi connectivity index (χ1n) is 7.00. The zero-order valence-corrected chi connectivity index (χ0v) is 11.2. The van der Waals surface area contributed by atoms with Gasteiger partial charge in [-0.3, -0.25) is 4.79 Å². The van der Waals surface area contributed by atoms with Crippen LogP contribution in [-0.4, -0.2) is 17.4 Å². The maximum Gasteiger partial charge on any atom is 0.252 e. The Balaban J connectivity index is 1.73. The van der Waals surface area contributed by atoms with Crippen LogP contribution in [0.4, 0.5) is 5.82 Å². The second-order valence-corrected chi connectivity index (χ2v) is 5.13. The van der Waals surface area contributed by atoms with Gasteiger partial charge in [-0.1, -0.05) is 32.1 Å². The van der Waals surface area contributed by atoms with E-state index >= 15 is 0 Å². The molecule has 0 aliphatic heterocycles. The van der Waals surface area contributed by atoms with Crippen LogP contribution in [0.5, 0.6) is 0 Å². The Hall–Kier alpha value is -1.62. The molecular formula is C14H22N4O. The van der Waals surface area contributed by atoms with E-state index in [1.54, 1.807) is 12.1 Å². The monoisotopic (exact) mass is 262 g/mol. The van der Waals surface area contributed by atoms with E-state index in [-0.39, 0.29) is 5.91 Å². The minimum atomic E-state index is -0.0631. The number of hydrazine groups is 1. The number of amides is 1. The standard InChI is InChI=1S/C14H22N4O/c15-18-13-7-6-12(10-17-13)14(19)16-9-8-11-4-2-1-3-5-11/h6-7,10-11H,1-5,8-9,15H2,(H,16,19)(H,17,18). The number of pyridine rings is 1. The Morgan fingerprint density at radius 2 is 2.11 bits per heavy atom. The Morgan fingerprint density at radius 1 is 1.32 bits per heavy atom. The summed E-state index contributed by atoms with van der Waals surface area (Å²) in [4.78, 5) is 15.9. The van der Waals surface area contributed by atoms with Gasteiger partial charge >= 0.3 is 0 Å². The predicted octanol–water partition coefficient (Wildman–Crippen LogP) is 2.07. The molecule has 0 spiro atoms. The second kappa shape index (κ2) is 7.09. The predicted molar refractivity (Wildman–Crippen MR) is 75.6 cm³/mol. The molecule has 104 valence electrons. The van der Waals surface area contributed by atoms with E-state index in [9.17, 15) is 4.79 Å². The number of nitrogens with zero attached hydrogens (tertiary/aromatic N) is 1. The molecule has 0 radical (unpaired) electrons. The van der Waals surface area contributed by atoms with Crippen LogP contribution in [0, 0.1) is 5.92 Å². The van der Waals surface area contributed by atoms with E-state index in [0.717, 1.165) is 18.9 Å². The summed E-state index contributed by atoms with van der Waals surface area (Å²) < 4.78 is 0. The molecule has 4 N–H and O–H groups in total. The molecule has 1 fully saturated rings. The number of nitrogens with two attached hydrogens (primary N) is 1. The summed E-state index contributed by atoms with van der Waals surface area (Å²) in [7, 11) is 0. The van der Waals surface area contributed by atoms with Gasteiger partial charge in [0.1, 0.15) is 5.82 Å². The summed E-state index contributed by atoms with van der Waals surface area (Å²) in [6.07, 6.45) is 9.30. The molecule has 5 nitrogen and oxygen atoms in total. The van der Waals surface area contributed by atoms with Crippen LogP contribution in [0.1, 0.15) is 48.9 Å². The lowest BCUT2D eigenvalue weighted by molar-refractivity contribution is 0.0950. The van der Waals surface area contributed by atoms with Gasteiger partial charge in [-0.15, -0.1) is 0 Å². The van der Waals surface area contributed by atoms with Gasteiger partial charge in [-0.2, -0.15) is 0 Å². The van der Waals surface area contributed by atoms with Crippen LogP contribution in [0.25, 0.3) is 0 Å². The van der Waals surface area contributed by atoms with Crippen molar-refractivity contribution in [1.82, 2.24) is 10.3 Å². The Kier molecular flexibility index (Phi) is 5.15. The highest BCUT2D eigenvalue weighted by molar-refractivity contribution is 5.93. The van der Waals surface area contributed by atoms with Crippen LogP contribution in [0.2, 0.25) is 0 Å². The number of anilines is 1.